The van der Waals surface area contributed by atoms with Gasteiger partial charge in [0.1, 0.15) is 4.88 Å². The van der Waals surface area contributed by atoms with E-state index in [9.17, 15) is 0 Å². The summed E-state index contributed by atoms with van der Waals surface area (Å²) in [6.07, 6.45) is 0. The second-order valence-corrected chi connectivity index (χ2v) is 8.10. The van der Waals surface area contributed by atoms with Crippen LogP contribution in [-0.4, -0.2) is 26.9 Å². The molecule has 1 aliphatic heterocycles. The van der Waals surface area contributed by atoms with Gasteiger partial charge in [0, 0.05) is 16.8 Å². The maximum absolute atomic E-state index is 6.02. The van der Waals surface area contributed by atoms with Gasteiger partial charge in [0.15, 0.2) is 5.82 Å². The summed E-state index contributed by atoms with van der Waals surface area (Å²) in [5.74, 6) is 3.69. The Hall–Kier alpha value is -0.660. The smallest absolute Gasteiger partial charge is 0.270 e. The van der Waals surface area contributed by atoms with Crippen molar-refractivity contribution in [2.45, 2.75) is 24.3 Å². The van der Waals surface area contributed by atoms with Gasteiger partial charge in [-0.05, 0) is 17.9 Å². The molecule has 3 heterocycles. The van der Waals surface area contributed by atoms with Gasteiger partial charge in [-0.1, -0.05) is 12.1 Å². The summed E-state index contributed by atoms with van der Waals surface area (Å²) in [4.78, 5) is 5.43. The molecule has 0 bridgehead atoms. The van der Waals surface area contributed by atoms with Gasteiger partial charge >= 0.3 is 0 Å². The number of nitrogen functional groups attached to an aromatic ring is 1. The van der Waals surface area contributed by atoms with Gasteiger partial charge in [0.25, 0.3) is 5.89 Å². The lowest BCUT2D eigenvalue weighted by Crippen LogP contribution is -2.16. The number of aryl methyl sites for hydroxylation is 1. The van der Waals surface area contributed by atoms with Crippen LogP contribution in [0.15, 0.2) is 9.90 Å². The third-order valence-corrected chi connectivity index (χ3v) is 7.29. The number of thiophene rings is 1. The number of hydrogen-bond donors (Lipinski definition) is 1. The molecule has 2 aromatic rings. The first-order valence-electron chi connectivity index (χ1n) is 6.07. The fourth-order valence-corrected chi connectivity index (χ4v) is 5.55. The molecule has 4 nitrogen and oxygen atoms in total. The van der Waals surface area contributed by atoms with Crippen molar-refractivity contribution < 1.29 is 4.52 Å². The highest BCUT2D eigenvalue weighted by Crippen LogP contribution is 2.42. The van der Waals surface area contributed by atoms with E-state index in [0.29, 0.717) is 16.4 Å². The van der Waals surface area contributed by atoms with Crippen LogP contribution in [0.3, 0.4) is 0 Å². The zero-order chi connectivity index (χ0) is 13.4. The Balaban J connectivity index is 1.89. The molecule has 2 atom stereocenters. The topological polar surface area (TPSA) is 64.9 Å². The molecule has 0 radical (unpaired) electrons. The van der Waals surface area contributed by atoms with E-state index in [-0.39, 0.29) is 0 Å². The summed E-state index contributed by atoms with van der Waals surface area (Å²) in [5, 5.41) is 7.00. The minimum atomic E-state index is 0.318. The van der Waals surface area contributed by atoms with Crippen LogP contribution in [0.25, 0.3) is 10.8 Å². The number of thioether (sulfide) groups is 2. The molecule has 7 heteroatoms. The Labute approximate surface area is 124 Å². The number of hydrogen-bond acceptors (Lipinski definition) is 7. The van der Waals surface area contributed by atoms with Crippen molar-refractivity contribution in [1.29, 1.82) is 0 Å². The standard InChI is InChI=1S/C12H15N3OS3/c1-6-5-19-10(8(6)13)12-14-11(15-16-12)9-7(2)17-3-4-18-9/h5,7,9H,3-4,13H2,1-2H3. The van der Waals surface area contributed by atoms with Crippen LogP contribution in [0.1, 0.15) is 23.6 Å². The van der Waals surface area contributed by atoms with Crippen molar-refractivity contribution in [1.82, 2.24) is 10.1 Å². The van der Waals surface area contributed by atoms with E-state index in [1.54, 1.807) is 11.3 Å². The number of rotatable bonds is 2. The van der Waals surface area contributed by atoms with E-state index in [4.69, 9.17) is 10.3 Å². The van der Waals surface area contributed by atoms with E-state index < -0.39 is 0 Å². The highest BCUT2D eigenvalue weighted by Gasteiger charge is 2.29. The van der Waals surface area contributed by atoms with Gasteiger partial charge in [-0.25, -0.2) is 0 Å². The van der Waals surface area contributed by atoms with Crippen molar-refractivity contribution in [2.75, 3.05) is 17.2 Å². The first-order chi connectivity index (χ1) is 9.16. The molecular formula is C12H15N3OS3. The minimum absolute atomic E-state index is 0.318. The van der Waals surface area contributed by atoms with E-state index in [1.165, 1.54) is 5.75 Å². The molecule has 0 aliphatic carbocycles. The summed E-state index contributed by atoms with van der Waals surface area (Å²) in [5.41, 5.74) is 7.84. The number of aromatic nitrogens is 2. The Bertz CT molecular complexity index is 581. The molecule has 102 valence electrons. The average Bonchev–Trinajstić information content (AvgIpc) is 2.99. The first kappa shape index (κ1) is 13.3. The van der Waals surface area contributed by atoms with Crippen LogP contribution in [0, 0.1) is 6.92 Å². The second kappa shape index (κ2) is 5.38. The molecule has 0 amide bonds. The minimum Gasteiger partial charge on any atom is -0.397 e. The zero-order valence-electron chi connectivity index (χ0n) is 10.8. The van der Waals surface area contributed by atoms with Crippen LogP contribution in [-0.2, 0) is 0 Å². The lowest BCUT2D eigenvalue weighted by Gasteiger charge is -2.24. The Morgan fingerprint density at radius 1 is 1.37 bits per heavy atom. The zero-order valence-corrected chi connectivity index (χ0v) is 13.2. The molecule has 19 heavy (non-hydrogen) atoms. The van der Waals surface area contributed by atoms with Crippen molar-refractivity contribution in [3.63, 3.8) is 0 Å². The van der Waals surface area contributed by atoms with Crippen molar-refractivity contribution in [2.24, 2.45) is 0 Å². The van der Waals surface area contributed by atoms with Gasteiger partial charge in [-0.2, -0.15) is 16.7 Å². The number of nitrogens with two attached hydrogens (primary N) is 1. The maximum atomic E-state index is 6.02. The van der Waals surface area contributed by atoms with Crippen molar-refractivity contribution in [3.8, 4) is 10.8 Å². The largest absolute Gasteiger partial charge is 0.397 e. The third-order valence-electron chi connectivity index (χ3n) is 3.10. The summed E-state index contributed by atoms with van der Waals surface area (Å²) in [7, 11) is 0. The van der Waals surface area contributed by atoms with E-state index >= 15 is 0 Å². The number of anilines is 1. The highest BCUT2D eigenvalue weighted by atomic mass is 32.2. The van der Waals surface area contributed by atoms with Crippen LogP contribution in [0.4, 0.5) is 5.69 Å². The molecule has 0 spiro atoms. The van der Waals surface area contributed by atoms with Crippen LogP contribution >= 0.6 is 34.9 Å². The molecule has 2 N–H and O–H groups in total. The Kier molecular flexibility index (Phi) is 3.77. The van der Waals surface area contributed by atoms with Crippen LogP contribution in [0.2, 0.25) is 0 Å². The van der Waals surface area contributed by atoms with Crippen LogP contribution in [0.5, 0.6) is 0 Å². The van der Waals surface area contributed by atoms with E-state index in [2.05, 4.69) is 17.1 Å². The highest BCUT2D eigenvalue weighted by molar-refractivity contribution is 8.06. The van der Waals surface area contributed by atoms with Gasteiger partial charge in [0.05, 0.1) is 10.9 Å². The average molecular weight is 313 g/mol. The maximum Gasteiger partial charge on any atom is 0.270 e. The molecule has 0 aromatic carbocycles. The third kappa shape index (κ3) is 2.51. The Morgan fingerprint density at radius 3 is 2.84 bits per heavy atom. The lowest BCUT2D eigenvalue weighted by molar-refractivity contribution is 0.422. The predicted octanol–water partition coefficient (Wildman–Crippen LogP) is 3.60. The molecule has 1 saturated heterocycles. The van der Waals surface area contributed by atoms with E-state index in [1.807, 2.05) is 35.8 Å². The monoisotopic (exact) mass is 313 g/mol. The summed E-state index contributed by atoms with van der Waals surface area (Å²) in [6, 6.07) is 0. The quantitative estimate of drug-likeness (QED) is 0.914. The molecule has 2 aromatic heterocycles. The van der Waals surface area contributed by atoms with Crippen molar-refractivity contribution in [3.05, 3.63) is 16.8 Å². The summed E-state index contributed by atoms with van der Waals surface area (Å²) in [6.45, 7) is 4.21. The predicted molar refractivity (Wildman–Crippen MR) is 83.9 cm³/mol. The molecule has 3 rings (SSSR count). The van der Waals surface area contributed by atoms with Gasteiger partial charge in [-0.15, -0.1) is 23.1 Å². The molecule has 1 fully saturated rings. The fraction of sp³-hybridized carbons (Fsp3) is 0.500. The first-order valence-corrected chi connectivity index (χ1v) is 9.05. The van der Waals surface area contributed by atoms with Crippen molar-refractivity contribution >= 4 is 40.5 Å². The van der Waals surface area contributed by atoms with Crippen LogP contribution < -0.4 is 5.73 Å². The van der Waals surface area contributed by atoms with Gasteiger partial charge < -0.3 is 10.3 Å². The van der Waals surface area contributed by atoms with Gasteiger partial charge in [-0.3, -0.25) is 0 Å². The fourth-order valence-electron chi connectivity index (χ4n) is 1.98. The Morgan fingerprint density at radius 2 is 2.16 bits per heavy atom. The second-order valence-electron chi connectivity index (χ2n) is 4.49. The molecular weight excluding hydrogens is 298 g/mol. The molecule has 2 unspecified atom stereocenters. The molecule has 0 saturated carbocycles. The lowest BCUT2D eigenvalue weighted by atomic mass is 10.3. The normalized spacial score (nSPS) is 23.7. The van der Waals surface area contributed by atoms with Gasteiger partial charge in [0.2, 0.25) is 0 Å². The SMILES string of the molecule is Cc1csc(-c2nc(C3SCCSC3C)no2)c1N. The number of nitrogens with zero attached hydrogens (tertiary/aromatic N) is 2. The summed E-state index contributed by atoms with van der Waals surface area (Å²) < 4.78 is 5.39. The molecule has 1 aliphatic rings. The van der Waals surface area contributed by atoms with E-state index in [0.717, 1.165) is 27.7 Å². The summed E-state index contributed by atoms with van der Waals surface area (Å²) >= 11 is 5.43.